The molecule has 1 aromatic rings. The van der Waals surface area contributed by atoms with Crippen LogP contribution >= 0.6 is 0 Å². The molecule has 0 saturated carbocycles. The summed E-state index contributed by atoms with van der Waals surface area (Å²) in [6.45, 7) is 9.84. The third-order valence-corrected chi connectivity index (χ3v) is 2.67. The maximum atomic E-state index is 5.63. The maximum absolute atomic E-state index is 5.63. The lowest BCUT2D eigenvalue weighted by Crippen LogP contribution is -2.18. The minimum Gasteiger partial charge on any atom is -0.494 e. The van der Waals surface area contributed by atoms with Gasteiger partial charge in [0.2, 0.25) is 0 Å². The highest BCUT2D eigenvalue weighted by Gasteiger charge is 2.05. The monoisotopic (exact) mass is 233 g/mol. The average Bonchev–Trinajstić information content (AvgIpc) is 2.37. The second kappa shape index (κ2) is 7.91. The lowest BCUT2D eigenvalue weighted by atomic mass is 10.1. The largest absolute Gasteiger partial charge is 0.494 e. The van der Waals surface area contributed by atoms with E-state index in [0.29, 0.717) is 0 Å². The van der Waals surface area contributed by atoms with Crippen LogP contribution in [0.15, 0.2) is 36.9 Å². The zero-order valence-corrected chi connectivity index (χ0v) is 10.9. The van der Waals surface area contributed by atoms with Crippen molar-refractivity contribution in [2.45, 2.75) is 32.7 Å². The van der Waals surface area contributed by atoms with Crippen molar-refractivity contribution in [2.24, 2.45) is 0 Å². The van der Waals surface area contributed by atoms with Crippen molar-refractivity contribution in [3.05, 3.63) is 42.5 Å². The molecule has 94 valence electrons. The predicted molar refractivity (Wildman–Crippen MR) is 73.5 cm³/mol. The van der Waals surface area contributed by atoms with Crippen LogP contribution in [0.25, 0.3) is 0 Å². The summed E-state index contributed by atoms with van der Waals surface area (Å²) in [4.78, 5) is 0. The lowest BCUT2D eigenvalue weighted by Gasteiger charge is -2.14. The van der Waals surface area contributed by atoms with Crippen molar-refractivity contribution >= 4 is 0 Å². The zero-order chi connectivity index (χ0) is 12.5. The Kier molecular flexibility index (Phi) is 6.41. The molecule has 0 heterocycles. The van der Waals surface area contributed by atoms with Crippen molar-refractivity contribution in [1.29, 1.82) is 0 Å². The Labute approximate surface area is 105 Å². The molecule has 1 N–H and O–H groups in total. The van der Waals surface area contributed by atoms with Gasteiger partial charge in [0.15, 0.2) is 0 Å². The minimum atomic E-state index is 0.227. The number of hydrogen-bond donors (Lipinski definition) is 1. The Morgan fingerprint density at radius 2 is 2.00 bits per heavy atom. The van der Waals surface area contributed by atoms with Gasteiger partial charge < -0.3 is 10.1 Å². The van der Waals surface area contributed by atoms with Crippen molar-refractivity contribution in [3.8, 4) is 5.75 Å². The maximum Gasteiger partial charge on any atom is 0.119 e. The molecular weight excluding hydrogens is 210 g/mol. The Balaban J connectivity index is 2.56. The van der Waals surface area contributed by atoms with Crippen molar-refractivity contribution < 1.29 is 4.74 Å². The van der Waals surface area contributed by atoms with Gasteiger partial charge in [-0.15, -0.1) is 6.58 Å². The standard InChI is InChI=1S/C15H23NO/c1-4-7-12-17-14-10-8-13(9-11-14)15(5-2)16-6-3/h5,8-11,15-16H,2,4,6-7,12H2,1,3H3. The Hall–Kier alpha value is -1.28. The molecule has 1 rings (SSSR count). The molecule has 0 aliphatic carbocycles. The molecule has 0 spiro atoms. The van der Waals surface area contributed by atoms with Gasteiger partial charge in [-0.3, -0.25) is 0 Å². The van der Waals surface area contributed by atoms with Crippen LogP contribution in [0.3, 0.4) is 0 Å². The first-order chi connectivity index (χ1) is 8.31. The van der Waals surface area contributed by atoms with Gasteiger partial charge >= 0.3 is 0 Å². The SMILES string of the molecule is C=CC(NCC)c1ccc(OCCCC)cc1. The van der Waals surface area contributed by atoms with Crippen LogP contribution in [0.2, 0.25) is 0 Å². The van der Waals surface area contributed by atoms with E-state index in [2.05, 4.69) is 37.9 Å². The van der Waals surface area contributed by atoms with Crippen LogP contribution < -0.4 is 10.1 Å². The predicted octanol–water partition coefficient (Wildman–Crippen LogP) is 3.70. The smallest absolute Gasteiger partial charge is 0.119 e. The van der Waals surface area contributed by atoms with Gasteiger partial charge in [-0.2, -0.15) is 0 Å². The lowest BCUT2D eigenvalue weighted by molar-refractivity contribution is 0.309. The van der Waals surface area contributed by atoms with Crippen molar-refractivity contribution in [1.82, 2.24) is 5.32 Å². The fourth-order valence-corrected chi connectivity index (χ4v) is 1.66. The van der Waals surface area contributed by atoms with Crippen LogP contribution in [0.4, 0.5) is 0 Å². The zero-order valence-electron chi connectivity index (χ0n) is 10.9. The fraction of sp³-hybridized carbons (Fsp3) is 0.467. The molecule has 0 aliphatic heterocycles. The van der Waals surface area contributed by atoms with E-state index in [9.17, 15) is 0 Å². The third kappa shape index (κ3) is 4.61. The average molecular weight is 233 g/mol. The van der Waals surface area contributed by atoms with Crippen LogP contribution in [0.1, 0.15) is 38.3 Å². The molecule has 1 atom stereocenters. The van der Waals surface area contributed by atoms with Gasteiger partial charge in [0.1, 0.15) is 5.75 Å². The molecule has 0 aliphatic rings. The molecule has 0 radical (unpaired) electrons. The number of ether oxygens (including phenoxy) is 1. The van der Waals surface area contributed by atoms with Crippen LogP contribution in [-0.2, 0) is 0 Å². The summed E-state index contributed by atoms with van der Waals surface area (Å²) >= 11 is 0. The summed E-state index contributed by atoms with van der Waals surface area (Å²) < 4.78 is 5.63. The molecule has 2 heteroatoms. The minimum absolute atomic E-state index is 0.227. The van der Waals surface area contributed by atoms with Gasteiger partial charge in [0, 0.05) is 0 Å². The summed E-state index contributed by atoms with van der Waals surface area (Å²) in [5, 5.41) is 3.36. The Morgan fingerprint density at radius 3 is 2.53 bits per heavy atom. The Morgan fingerprint density at radius 1 is 1.29 bits per heavy atom. The summed E-state index contributed by atoms with van der Waals surface area (Å²) in [6.07, 6.45) is 4.20. The van der Waals surface area contributed by atoms with E-state index >= 15 is 0 Å². The second-order valence-corrected chi connectivity index (χ2v) is 4.04. The van der Waals surface area contributed by atoms with E-state index in [1.807, 2.05) is 18.2 Å². The molecule has 1 unspecified atom stereocenters. The van der Waals surface area contributed by atoms with E-state index in [1.165, 1.54) is 5.56 Å². The van der Waals surface area contributed by atoms with Crippen LogP contribution in [-0.4, -0.2) is 13.2 Å². The van der Waals surface area contributed by atoms with E-state index in [4.69, 9.17) is 4.74 Å². The molecule has 2 nitrogen and oxygen atoms in total. The number of rotatable bonds is 8. The topological polar surface area (TPSA) is 21.3 Å². The molecule has 0 aromatic heterocycles. The van der Waals surface area contributed by atoms with Gasteiger partial charge in [0.25, 0.3) is 0 Å². The first kappa shape index (κ1) is 13.8. The second-order valence-electron chi connectivity index (χ2n) is 4.04. The van der Waals surface area contributed by atoms with Gasteiger partial charge in [-0.1, -0.05) is 38.5 Å². The quantitative estimate of drug-likeness (QED) is 0.546. The number of unbranched alkanes of at least 4 members (excludes halogenated alkanes) is 1. The number of hydrogen-bond acceptors (Lipinski definition) is 2. The first-order valence-corrected chi connectivity index (χ1v) is 6.40. The fourth-order valence-electron chi connectivity index (χ4n) is 1.66. The van der Waals surface area contributed by atoms with Gasteiger partial charge in [-0.05, 0) is 30.7 Å². The highest BCUT2D eigenvalue weighted by Crippen LogP contribution is 2.18. The highest BCUT2D eigenvalue weighted by atomic mass is 16.5. The highest BCUT2D eigenvalue weighted by molar-refractivity contribution is 5.30. The summed E-state index contributed by atoms with van der Waals surface area (Å²) in [7, 11) is 0. The van der Waals surface area contributed by atoms with Crippen molar-refractivity contribution in [2.75, 3.05) is 13.2 Å². The van der Waals surface area contributed by atoms with E-state index < -0.39 is 0 Å². The van der Waals surface area contributed by atoms with Crippen LogP contribution in [0, 0.1) is 0 Å². The molecule has 0 bridgehead atoms. The van der Waals surface area contributed by atoms with Crippen molar-refractivity contribution in [3.63, 3.8) is 0 Å². The first-order valence-electron chi connectivity index (χ1n) is 6.40. The number of nitrogens with one attached hydrogen (secondary N) is 1. The summed E-state index contributed by atoms with van der Waals surface area (Å²) in [6, 6.07) is 8.47. The summed E-state index contributed by atoms with van der Waals surface area (Å²) in [5.41, 5.74) is 1.23. The molecule has 0 saturated heterocycles. The third-order valence-electron chi connectivity index (χ3n) is 2.67. The van der Waals surface area contributed by atoms with Gasteiger partial charge in [0.05, 0.1) is 12.6 Å². The van der Waals surface area contributed by atoms with E-state index in [-0.39, 0.29) is 6.04 Å². The van der Waals surface area contributed by atoms with E-state index in [1.54, 1.807) is 0 Å². The summed E-state index contributed by atoms with van der Waals surface area (Å²) in [5.74, 6) is 0.946. The van der Waals surface area contributed by atoms with Gasteiger partial charge in [-0.25, -0.2) is 0 Å². The Bertz CT molecular complexity index is 318. The molecule has 17 heavy (non-hydrogen) atoms. The molecule has 0 fully saturated rings. The van der Waals surface area contributed by atoms with E-state index in [0.717, 1.165) is 31.7 Å². The number of likely N-dealkylation sites (N-methyl/N-ethyl adjacent to an activating group) is 1. The molecule has 0 amide bonds. The normalized spacial score (nSPS) is 12.1. The molecule has 1 aromatic carbocycles. The van der Waals surface area contributed by atoms with Crippen LogP contribution in [0.5, 0.6) is 5.75 Å². The molecular formula is C15H23NO. The number of benzene rings is 1.